The van der Waals surface area contributed by atoms with E-state index in [1.54, 1.807) is 0 Å². The molecule has 2 N–H and O–H groups in total. The predicted octanol–water partition coefficient (Wildman–Crippen LogP) is 3.51. The van der Waals surface area contributed by atoms with Crippen LogP contribution in [0.15, 0.2) is 0 Å². The summed E-state index contributed by atoms with van der Waals surface area (Å²) in [7, 11) is 0. The maximum atomic E-state index is 6.36. The van der Waals surface area contributed by atoms with Gasteiger partial charge in [0, 0.05) is 12.6 Å². The van der Waals surface area contributed by atoms with Crippen LogP contribution in [0.3, 0.4) is 0 Å². The number of nitrogens with zero attached hydrogens (tertiary/aromatic N) is 1. The SMILES string of the molecule is CCC1CCC(N)C(CN2CCC(C(C)C)CC2)C1. The first-order valence-corrected chi connectivity index (χ1v) is 8.58. The summed E-state index contributed by atoms with van der Waals surface area (Å²) < 4.78 is 0. The van der Waals surface area contributed by atoms with Gasteiger partial charge in [0.15, 0.2) is 0 Å². The molecule has 0 amide bonds. The summed E-state index contributed by atoms with van der Waals surface area (Å²) in [6, 6.07) is 0.464. The number of piperidine rings is 1. The average Bonchev–Trinajstić information content (AvgIpc) is 2.42. The predicted molar refractivity (Wildman–Crippen MR) is 83.1 cm³/mol. The summed E-state index contributed by atoms with van der Waals surface area (Å²) in [5.74, 6) is 3.52. The lowest BCUT2D eigenvalue weighted by Crippen LogP contribution is -2.45. The third-order valence-corrected chi connectivity index (χ3v) is 5.79. The summed E-state index contributed by atoms with van der Waals surface area (Å²) in [4.78, 5) is 2.70. The zero-order chi connectivity index (χ0) is 13.8. The number of nitrogens with two attached hydrogens (primary N) is 1. The first kappa shape index (κ1) is 15.3. The van der Waals surface area contributed by atoms with Gasteiger partial charge >= 0.3 is 0 Å². The molecule has 3 unspecified atom stereocenters. The molecule has 1 saturated heterocycles. The van der Waals surface area contributed by atoms with Gasteiger partial charge in [-0.3, -0.25) is 0 Å². The van der Waals surface area contributed by atoms with Crippen LogP contribution in [0.4, 0.5) is 0 Å². The van der Waals surface area contributed by atoms with Crippen molar-refractivity contribution in [1.82, 2.24) is 4.90 Å². The van der Waals surface area contributed by atoms with E-state index in [2.05, 4.69) is 25.7 Å². The second kappa shape index (κ2) is 7.08. The second-order valence-corrected chi connectivity index (χ2v) is 7.39. The molecule has 19 heavy (non-hydrogen) atoms. The van der Waals surface area contributed by atoms with E-state index in [4.69, 9.17) is 5.73 Å². The summed E-state index contributed by atoms with van der Waals surface area (Å²) >= 11 is 0. The van der Waals surface area contributed by atoms with Gasteiger partial charge in [0.25, 0.3) is 0 Å². The summed E-state index contributed by atoms with van der Waals surface area (Å²) in [6.45, 7) is 11.0. The quantitative estimate of drug-likeness (QED) is 0.844. The van der Waals surface area contributed by atoms with Crippen molar-refractivity contribution in [3.63, 3.8) is 0 Å². The van der Waals surface area contributed by atoms with E-state index in [1.165, 1.54) is 58.2 Å². The first-order valence-electron chi connectivity index (χ1n) is 8.58. The molecular weight excluding hydrogens is 232 g/mol. The van der Waals surface area contributed by atoms with E-state index in [-0.39, 0.29) is 0 Å². The van der Waals surface area contributed by atoms with Crippen LogP contribution >= 0.6 is 0 Å². The van der Waals surface area contributed by atoms with Gasteiger partial charge in [0.1, 0.15) is 0 Å². The molecule has 2 heteroatoms. The van der Waals surface area contributed by atoms with Crippen LogP contribution < -0.4 is 5.73 Å². The molecule has 112 valence electrons. The van der Waals surface area contributed by atoms with Crippen LogP contribution in [-0.2, 0) is 0 Å². The molecule has 2 fully saturated rings. The molecule has 3 atom stereocenters. The minimum atomic E-state index is 0.464. The Bertz CT molecular complexity index is 256. The Balaban J connectivity index is 1.78. The fourth-order valence-electron chi connectivity index (χ4n) is 4.10. The van der Waals surface area contributed by atoms with Crippen molar-refractivity contribution in [1.29, 1.82) is 0 Å². The van der Waals surface area contributed by atoms with Crippen LogP contribution in [0.5, 0.6) is 0 Å². The fourth-order valence-corrected chi connectivity index (χ4v) is 4.10. The second-order valence-electron chi connectivity index (χ2n) is 7.39. The minimum Gasteiger partial charge on any atom is -0.327 e. The van der Waals surface area contributed by atoms with Crippen molar-refractivity contribution >= 4 is 0 Å². The number of rotatable bonds is 4. The molecule has 2 rings (SSSR count). The third-order valence-electron chi connectivity index (χ3n) is 5.79. The normalized spacial score (nSPS) is 34.9. The molecule has 1 heterocycles. The molecular formula is C17H34N2. The molecule has 0 bridgehead atoms. The highest BCUT2D eigenvalue weighted by Gasteiger charge is 2.30. The summed E-state index contributed by atoms with van der Waals surface area (Å²) in [5.41, 5.74) is 6.36. The van der Waals surface area contributed by atoms with Crippen LogP contribution in [-0.4, -0.2) is 30.6 Å². The van der Waals surface area contributed by atoms with Crippen molar-refractivity contribution in [2.75, 3.05) is 19.6 Å². The van der Waals surface area contributed by atoms with E-state index in [0.717, 1.165) is 23.7 Å². The molecule has 0 spiro atoms. The minimum absolute atomic E-state index is 0.464. The number of hydrogen-bond donors (Lipinski definition) is 1. The molecule has 0 radical (unpaired) electrons. The molecule has 1 aliphatic heterocycles. The molecule has 1 saturated carbocycles. The molecule has 1 aliphatic carbocycles. The zero-order valence-electron chi connectivity index (χ0n) is 13.3. The lowest BCUT2D eigenvalue weighted by Gasteiger charge is -2.40. The standard InChI is InChI=1S/C17H34N2/c1-4-14-5-6-17(18)16(11-14)12-19-9-7-15(8-10-19)13(2)3/h13-17H,4-12,18H2,1-3H3. The van der Waals surface area contributed by atoms with Crippen molar-refractivity contribution in [3.8, 4) is 0 Å². The van der Waals surface area contributed by atoms with E-state index in [1.807, 2.05) is 0 Å². The number of likely N-dealkylation sites (tertiary alicyclic amines) is 1. The van der Waals surface area contributed by atoms with Crippen molar-refractivity contribution < 1.29 is 0 Å². The maximum Gasteiger partial charge on any atom is 0.00795 e. The topological polar surface area (TPSA) is 29.3 Å². The van der Waals surface area contributed by atoms with Gasteiger partial charge in [-0.2, -0.15) is 0 Å². The lowest BCUT2D eigenvalue weighted by molar-refractivity contribution is 0.109. The van der Waals surface area contributed by atoms with Gasteiger partial charge in [-0.15, -0.1) is 0 Å². The van der Waals surface area contributed by atoms with Crippen molar-refractivity contribution in [3.05, 3.63) is 0 Å². The monoisotopic (exact) mass is 266 g/mol. The molecule has 0 aromatic rings. The van der Waals surface area contributed by atoms with Gasteiger partial charge in [-0.25, -0.2) is 0 Å². The Morgan fingerprint density at radius 3 is 2.37 bits per heavy atom. The van der Waals surface area contributed by atoms with E-state index >= 15 is 0 Å². The van der Waals surface area contributed by atoms with E-state index in [0.29, 0.717) is 6.04 Å². The summed E-state index contributed by atoms with van der Waals surface area (Å²) in [5, 5.41) is 0. The molecule has 2 nitrogen and oxygen atoms in total. The maximum absolute atomic E-state index is 6.36. The highest BCUT2D eigenvalue weighted by molar-refractivity contribution is 4.85. The van der Waals surface area contributed by atoms with Gasteiger partial charge in [0.2, 0.25) is 0 Å². The lowest BCUT2D eigenvalue weighted by atomic mass is 9.76. The van der Waals surface area contributed by atoms with Crippen LogP contribution in [0.1, 0.15) is 59.3 Å². The van der Waals surface area contributed by atoms with Gasteiger partial charge in [0.05, 0.1) is 0 Å². The largest absolute Gasteiger partial charge is 0.327 e. The Kier molecular flexibility index (Phi) is 5.70. The Morgan fingerprint density at radius 2 is 1.79 bits per heavy atom. The highest BCUT2D eigenvalue weighted by Crippen LogP contribution is 2.32. The molecule has 2 aliphatic rings. The number of hydrogen-bond acceptors (Lipinski definition) is 2. The van der Waals surface area contributed by atoms with Gasteiger partial charge in [-0.1, -0.05) is 27.2 Å². The smallest absolute Gasteiger partial charge is 0.00795 e. The highest BCUT2D eigenvalue weighted by atomic mass is 15.1. The van der Waals surface area contributed by atoms with Crippen LogP contribution in [0.2, 0.25) is 0 Å². The Morgan fingerprint density at radius 1 is 1.11 bits per heavy atom. The van der Waals surface area contributed by atoms with Crippen LogP contribution in [0.25, 0.3) is 0 Å². The van der Waals surface area contributed by atoms with E-state index in [9.17, 15) is 0 Å². The third kappa shape index (κ3) is 4.19. The van der Waals surface area contributed by atoms with Gasteiger partial charge < -0.3 is 10.6 Å². The van der Waals surface area contributed by atoms with Crippen molar-refractivity contribution in [2.24, 2.45) is 29.4 Å². The summed E-state index contributed by atoms with van der Waals surface area (Å²) in [6.07, 6.45) is 8.14. The average molecular weight is 266 g/mol. The Labute approximate surface area is 120 Å². The fraction of sp³-hybridized carbons (Fsp3) is 1.00. The first-order chi connectivity index (χ1) is 9.10. The molecule has 0 aromatic heterocycles. The van der Waals surface area contributed by atoms with Gasteiger partial charge in [-0.05, 0) is 68.9 Å². The molecule has 0 aromatic carbocycles. The Hall–Kier alpha value is -0.0800. The van der Waals surface area contributed by atoms with Crippen LogP contribution in [0, 0.1) is 23.7 Å². The van der Waals surface area contributed by atoms with Crippen molar-refractivity contribution in [2.45, 2.75) is 65.3 Å². The van der Waals surface area contributed by atoms with E-state index < -0.39 is 0 Å². The zero-order valence-corrected chi connectivity index (χ0v) is 13.3.